The van der Waals surface area contributed by atoms with Crippen LogP contribution in [0.3, 0.4) is 0 Å². The van der Waals surface area contributed by atoms with E-state index < -0.39 is 23.7 Å². The Bertz CT molecular complexity index is 1090. The number of rotatable bonds is 1. The van der Waals surface area contributed by atoms with Crippen molar-refractivity contribution in [3.8, 4) is 11.8 Å². The maximum absolute atomic E-state index is 13.4. The molecule has 2 aromatic rings. The molecule has 1 amide bonds. The van der Waals surface area contributed by atoms with Gasteiger partial charge in [-0.05, 0) is 13.0 Å². The van der Waals surface area contributed by atoms with E-state index in [1.54, 1.807) is 31.2 Å². The number of fused-ring (bicyclic) bond motifs is 4. The van der Waals surface area contributed by atoms with Crippen LogP contribution in [0.1, 0.15) is 16.9 Å². The molecular formula is C18H13N3O5. The highest BCUT2D eigenvalue weighted by molar-refractivity contribution is 6.14. The zero-order valence-corrected chi connectivity index (χ0v) is 13.6. The number of nitrogens with two attached hydrogens (primary N) is 1. The molecule has 26 heavy (non-hydrogen) atoms. The second-order valence-electron chi connectivity index (χ2n) is 5.98. The Balaban J connectivity index is 2.22. The van der Waals surface area contributed by atoms with Crippen molar-refractivity contribution in [2.24, 2.45) is 5.73 Å². The highest BCUT2D eigenvalue weighted by atomic mass is 16.5. The van der Waals surface area contributed by atoms with E-state index in [9.17, 15) is 20.0 Å². The van der Waals surface area contributed by atoms with Gasteiger partial charge in [0, 0.05) is 11.6 Å². The van der Waals surface area contributed by atoms with Crippen LogP contribution in [0.25, 0.3) is 0 Å². The van der Waals surface area contributed by atoms with Gasteiger partial charge in [0.15, 0.2) is 5.41 Å². The zero-order valence-electron chi connectivity index (χ0n) is 13.6. The molecule has 1 aromatic heterocycles. The molecule has 8 nitrogen and oxygen atoms in total. The van der Waals surface area contributed by atoms with Crippen molar-refractivity contribution in [3.05, 3.63) is 69.1 Å². The summed E-state index contributed by atoms with van der Waals surface area (Å²) in [5.74, 6) is -0.609. The lowest BCUT2D eigenvalue weighted by Crippen LogP contribution is -2.48. The molecule has 8 heteroatoms. The number of hydrogen-bond donors (Lipinski definition) is 2. The molecule has 0 saturated heterocycles. The van der Waals surface area contributed by atoms with Crippen LogP contribution in [0.4, 0.5) is 5.69 Å². The van der Waals surface area contributed by atoms with E-state index in [2.05, 4.69) is 0 Å². The number of aliphatic hydroxyl groups excluding tert-OH is 1. The first-order chi connectivity index (χ1) is 12.5. The summed E-state index contributed by atoms with van der Waals surface area (Å²) in [5.41, 5.74) is 3.72. The molecule has 2 aliphatic rings. The Morgan fingerprint density at radius 3 is 2.77 bits per heavy atom. The zero-order chi connectivity index (χ0) is 18.6. The van der Waals surface area contributed by atoms with Gasteiger partial charge in [0.05, 0.1) is 5.69 Å². The standard InChI is InChI=1S/C18H13N3O5/c1-9-6-13-14(16(23)25-9)18(11(7-19)15(20)26-13)10-4-2-3-5-12(10)21(8-22)17(18)24/h2-6,22H,8,20H2,1H3/t18-/m0/s1. The lowest BCUT2D eigenvalue weighted by molar-refractivity contribution is -0.121. The average molecular weight is 351 g/mol. The Kier molecular flexibility index (Phi) is 3.19. The van der Waals surface area contributed by atoms with Crippen molar-refractivity contribution in [2.45, 2.75) is 12.3 Å². The maximum Gasteiger partial charge on any atom is 0.344 e. The normalized spacial score (nSPS) is 20.7. The van der Waals surface area contributed by atoms with E-state index in [-0.39, 0.29) is 28.5 Å². The fourth-order valence-corrected chi connectivity index (χ4v) is 3.70. The van der Waals surface area contributed by atoms with Crippen LogP contribution in [0.15, 0.2) is 51.0 Å². The number of para-hydroxylation sites is 1. The largest absolute Gasteiger partial charge is 0.440 e. The Hall–Kier alpha value is -3.57. The third-order valence-corrected chi connectivity index (χ3v) is 4.67. The minimum absolute atomic E-state index is 0.0539. The Labute approximate surface area is 147 Å². The van der Waals surface area contributed by atoms with Gasteiger partial charge in [-0.1, -0.05) is 18.2 Å². The minimum Gasteiger partial charge on any atom is -0.440 e. The van der Waals surface area contributed by atoms with Crippen LogP contribution < -0.4 is 21.0 Å². The number of nitrogens with zero attached hydrogens (tertiary/aromatic N) is 2. The molecule has 0 unspecified atom stereocenters. The summed E-state index contributed by atoms with van der Waals surface area (Å²) in [4.78, 5) is 27.2. The predicted octanol–water partition coefficient (Wildman–Crippen LogP) is 0.617. The molecule has 2 aliphatic heterocycles. The molecule has 130 valence electrons. The van der Waals surface area contributed by atoms with Gasteiger partial charge in [-0.25, -0.2) is 4.79 Å². The van der Waals surface area contributed by atoms with Crippen LogP contribution in [-0.4, -0.2) is 17.7 Å². The van der Waals surface area contributed by atoms with Crippen LogP contribution in [0, 0.1) is 18.3 Å². The summed E-state index contributed by atoms with van der Waals surface area (Å²) in [6.45, 7) is 0.936. The molecular weight excluding hydrogens is 338 g/mol. The average Bonchev–Trinajstić information content (AvgIpc) is 2.84. The molecule has 0 fully saturated rings. The fourth-order valence-electron chi connectivity index (χ4n) is 3.70. The van der Waals surface area contributed by atoms with Crippen LogP contribution in [-0.2, 0) is 10.2 Å². The van der Waals surface area contributed by atoms with E-state index >= 15 is 0 Å². The first kappa shape index (κ1) is 15.9. The molecule has 3 N–H and O–H groups in total. The minimum atomic E-state index is -1.82. The van der Waals surface area contributed by atoms with E-state index in [1.165, 1.54) is 6.07 Å². The topological polar surface area (TPSA) is 130 Å². The summed E-state index contributed by atoms with van der Waals surface area (Å²) < 4.78 is 10.6. The van der Waals surface area contributed by atoms with Gasteiger partial charge in [-0.15, -0.1) is 0 Å². The Morgan fingerprint density at radius 1 is 1.35 bits per heavy atom. The summed E-state index contributed by atoms with van der Waals surface area (Å²) in [5, 5.41) is 19.5. The first-order valence-electron chi connectivity index (χ1n) is 7.72. The first-order valence-corrected chi connectivity index (χ1v) is 7.72. The van der Waals surface area contributed by atoms with Gasteiger partial charge < -0.3 is 20.0 Å². The van der Waals surface area contributed by atoms with Gasteiger partial charge in [-0.3, -0.25) is 9.69 Å². The van der Waals surface area contributed by atoms with Gasteiger partial charge in [0.1, 0.15) is 35.4 Å². The molecule has 1 spiro atoms. The molecule has 4 rings (SSSR count). The number of amides is 1. The van der Waals surface area contributed by atoms with Crippen molar-refractivity contribution in [3.63, 3.8) is 0 Å². The number of aliphatic hydroxyl groups is 1. The summed E-state index contributed by atoms with van der Waals surface area (Å²) in [6, 6.07) is 9.94. The summed E-state index contributed by atoms with van der Waals surface area (Å²) in [7, 11) is 0. The van der Waals surface area contributed by atoms with E-state index in [4.69, 9.17) is 14.9 Å². The molecule has 3 heterocycles. The van der Waals surface area contributed by atoms with Gasteiger partial charge >= 0.3 is 5.63 Å². The summed E-state index contributed by atoms with van der Waals surface area (Å²) in [6.07, 6.45) is 0. The molecule has 0 bridgehead atoms. The maximum atomic E-state index is 13.4. The molecule has 0 saturated carbocycles. The fraction of sp³-hybridized carbons (Fsp3) is 0.167. The van der Waals surface area contributed by atoms with Crippen LogP contribution in [0.2, 0.25) is 0 Å². The van der Waals surface area contributed by atoms with Gasteiger partial charge in [0.2, 0.25) is 11.8 Å². The smallest absolute Gasteiger partial charge is 0.344 e. The van der Waals surface area contributed by atoms with Crippen molar-refractivity contribution >= 4 is 11.6 Å². The number of carbonyl (C=O) groups excluding carboxylic acids is 1. The molecule has 1 atom stereocenters. The highest BCUT2D eigenvalue weighted by Crippen LogP contribution is 2.53. The Morgan fingerprint density at radius 2 is 2.08 bits per heavy atom. The highest BCUT2D eigenvalue weighted by Gasteiger charge is 2.60. The van der Waals surface area contributed by atoms with Gasteiger partial charge in [-0.2, -0.15) is 5.26 Å². The second kappa shape index (κ2) is 5.21. The van der Waals surface area contributed by atoms with Crippen LogP contribution in [0.5, 0.6) is 5.75 Å². The SMILES string of the molecule is Cc1cc2c(c(=O)o1)[C@@]1(C(=O)N(CO)c3ccccc31)C(C#N)=C(N)O2. The number of anilines is 1. The third-order valence-electron chi connectivity index (χ3n) is 4.67. The van der Waals surface area contributed by atoms with Crippen molar-refractivity contribution in [2.75, 3.05) is 11.6 Å². The van der Waals surface area contributed by atoms with Crippen molar-refractivity contribution < 1.29 is 19.1 Å². The third kappa shape index (κ3) is 1.70. The quantitative estimate of drug-likeness (QED) is 0.770. The van der Waals surface area contributed by atoms with Crippen molar-refractivity contribution in [1.29, 1.82) is 5.26 Å². The number of nitriles is 1. The number of hydrogen-bond acceptors (Lipinski definition) is 7. The lowest BCUT2D eigenvalue weighted by atomic mass is 9.69. The van der Waals surface area contributed by atoms with Gasteiger partial charge in [0.25, 0.3) is 0 Å². The number of aryl methyl sites for hydroxylation is 1. The summed E-state index contributed by atoms with van der Waals surface area (Å²) >= 11 is 0. The monoisotopic (exact) mass is 351 g/mol. The molecule has 0 aliphatic carbocycles. The number of carbonyl (C=O) groups is 1. The van der Waals surface area contributed by atoms with E-state index in [1.807, 2.05) is 6.07 Å². The molecule has 0 radical (unpaired) electrons. The number of benzene rings is 1. The van der Waals surface area contributed by atoms with Crippen LogP contribution >= 0.6 is 0 Å². The van der Waals surface area contributed by atoms with E-state index in [0.29, 0.717) is 11.3 Å². The number of ether oxygens (including phenoxy) is 1. The predicted molar refractivity (Wildman–Crippen MR) is 89.0 cm³/mol. The van der Waals surface area contributed by atoms with Crippen molar-refractivity contribution in [1.82, 2.24) is 0 Å². The lowest BCUT2D eigenvalue weighted by Gasteiger charge is -2.32. The molecule has 1 aromatic carbocycles. The second-order valence-corrected chi connectivity index (χ2v) is 5.98. The van der Waals surface area contributed by atoms with E-state index in [0.717, 1.165) is 4.90 Å².